The topological polar surface area (TPSA) is 18.5 Å². The number of hydrogen-bond donors (Lipinski definition) is 0. The van der Waals surface area contributed by atoms with Crippen molar-refractivity contribution in [2.75, 3.05) is 13.2 Å². The van der Waals surface area contributed by atoms with Crippen LogP contribution in [0.5, 0.6) is 0 Å². The summed E-state index contributed by atoms with van der Waals surface area (Å²) in [5, 5.41) is 0. The fourth-order valence-electron chi connectivity index (χ4n) is 2.91. The fraction of sp³-hybridized carbons (Fsp3) is 0.846. The Labute approximate surface area is 92.6 Å². The maximum Gasteiger partial charge on any atom is 0.160 e. The van der Waals surface area contributed by atoms with E-state index in [1.54, 1.807) is 0 Å². The first-order valence-electron chi connectivity index (χ1n) is 6.26. The second-order valence-electron chi connectivity index (χ2n) is 4.56. The van der Waals surface area contributed by atoms with E-state index in [0.29, 0.717) is 11.8 Å². The molecule has 3 aliphatic carbocycles. The first-order valence-corrected chi connectivity index (χ1v) is 6.26. The molecule has 0 aromatic carbocycles. The highest BCUT2D eigenvalue weighted by Gasteiger charge is 2.37. The van der Waals surface area contributed by atoms with Crippen LogP contribution in [0.3, 0.4) is 0 Å². The average molecular weight is 210 g/mol. The lowest BCUT2D eigenvalue weighted by Gasteiger charge is -2.41. The van der Waals surface area contributed by atoms with Crippen LogP contribution in [0.25, 0.3) is 0 Å². The molecule has 3 aliphatic rings. The van der Waals surface area contributed by atoms with Gasteiger partial charge in [-0.1, -0.05) is 12.2 Å². The summed E-state index contributed by atoms with van der Waals surface area (Å²) >= 11 is 0. The summed E-state index contributed by atoms with van der Waals surface area (Å²) in [5.41, 5.74) is 0. The van der Waals surface area contributed by atoms with Crippen LogP contribution < -0.4 is 0 Å². The number of rotatable bonds is 5. The summed E-state index contributed by atoms with van der Waals surface area (Å²) < 4.78 is 11.4. The fourth-order valence-corrected chi connectivity index (χ4v) is 2.91. The molecule has 2 bridgehead atoms. The first-order chi connectivity index (χ1) is 7.35. The standard InChI is InChI=1S/C13H22O2/c1-3-14-13(15-4-2)12-9-10-5-7-11(12)8-6-10/h5,7,10-13H,3-4,6,8-9H2,1-2H3. The minimum Gasteiger partial charge on any atom is -0.353 e. The molecule has 86 valence electrons. The summed E-state index contributed by atoms with van der Waals surface area (Å²) in [6.45, 7) is 5.59. The lowest BCUT2D eigenvalue weighted by molar-refractivity contribution is -0.183. The van der Waals surface area contributed by atoms with Crippen molar-refractivity contribution in [1.29, 1.82) is 0 Å². The van der Waals surface area contributed by atoms with Gasteiger partial charge in [0.1, 0.15) is 0 Å². The van der Waals surface area contributed by atoms with Crippen LogP contribution in [0.2, 0.25) is 0 Å². The van der Waals surface area contributed by atoms with E-state index in [1.165, 1.54) is 19.3 Å². The van der Waals surface area contributed by atoms with Gasteiger partial charge in [-0.15, -0.1) is 0 Å². The third-order valence-corrected chi connectivity index (χ3v) is 3.64. The zero-order valence-corrected chi connectivity index (χ0v) is 9.82. The van der Waals surface area contributed by atoms with Gasteiger partial charge in [-0.25, -0.2) is 0 Å². The van der Waals surface area contributed by atoms with Gasteiger partial charge in [-0.05, 0) is 44.9 Å². The molecule has 0 spiro atoms. The Bertz CT molecular complexity index is 219. The largest absolute Gasteiger partial charge is 0.353 e. The van der Waals surface area contributed by atoms with E-state index in [4.69, 9.17) is 9.47 Å². The number of allylic oxidation sites excluding steroid dienone is 2. The molecule has 0 saturated heterocycles. The van der Waals surface area contributed by atoms with Crippen LogP contribution >= 0.6 is 0 Å². The van der Waals surface area contributed by atoms with E-state index in [-0.39, 0.29) is 6.29 Å². The molecule has 0 aliphatic heterocycles. The van der Waals surface area contributed by atoms with Crippen molar-refractivity contribution >= 4 is 0 Å². The minimum absolute atomic E-state index is 0.0257. The third kappa shape index (κ3) is 2.43. The average Bonchev–Trinajstić information content (AvgIpc) is 2.30. The molecule has 0 aromatic rings. The van der Waals surface area contributed by atoms with Crippen molar-refractivity contribution in [3.8, 4) is 0 Å². The Hall–Kier alpha value is -0.340. The van der Waals surface area contributed by atoms with Crippen molar-refractivity contribution in [2.24, 2.45) is 17.8 Å². The summed E-state index contributed by atoms with van der Waals surface area (Å²) in [5.74, 6) is 2.06. The molecule has 15 heavy (non-hydrogen) atoms. The van der Waals surface area contributed by atoms with Crippen LogP contribution in [0.15, 0.2) is 12.2 Å². The van der Waals surface area contributed by atoms with Gasteiger partial charge in [0.25, 0.3) is 0 Å². The van der Waals surface area contributed by atoms with Gasteiger partial charge in [0.05, 0.1) is 0 Å². The van der Waals surface area contributed by atoms with E-state index < -0.39 is 0 Å². The lowest BCUT2D eigenvalue weighted by atomic mass is 9.69. The second-order valence-corrected chi connectivity index (χ2v) is 4.56. The second kappa shape index (κ2) is 5.13. The number of fused-ring (bicyclic) bond motifs is 2. The zero-order chi connectivity index (χ0) is 10.7. The Morgan fingerprint density at radius 3 is 2.27 bits per heavy atom. The van der Waals surface area contributed by atoms with Crippen LogP contribution in [-0.2, 0) is 9.47 Å². The normalized spacial score (nSPS) is 33.9. The maximum atomic E-state index is 5.72. The first kappa shape index (κ1) is 11.2. The Morgan fingerprint density at radius 1 is 1.13 bits per heavy atom. The quantitative estimate of drug-likeness (QED) is 0.513. The minimum atomic E-state index is 0.0257. The van der Waals surface area contributed by atoms with Crippen molar-refractivity contribution in [3.05, 3.63) is 12.2 Å². The Kier molecular flexibility index (Phi) is 3.81. The van der Waals surface area contributed by atoms with E-state index in [9.17, 15) is 0 Å². The van der Waals surface area contributed by atoms with Crippen molar-refractivity contribution in [1.82, 2.24) is 0 Å². The van der Waals surface area contributed by atoms with E-state index in [0.717, 1.165) is 19.1 Å². The Morgan fingerprint density at radius 2 is 1.87 bits per heavy atom. The van der Waals surface area contributed by atoms with Gasteiger partial charge in [0, 0.05) is 19.1 Å². The molecule has 3 atom stereocenters. The zero-order valence-electron chi connectivity index (χ0n) is 9.82. The molecule has 0 N–H and O–H groups in total. The summed E-state index contributed by atoms with van der Waals surface area (Å²) in [6, 6.07) is 0. The summed E-state index contributed by atoms with van der Waals surface area (Å²) in [7, 11) is 0. The molecule has 0 radical (unpaired) electrons. The highest BCUT2D eigenvalue weighted by atomic mass is 16.7. The number of ether oxygens (including phenoxy) is 2. The number of hydrogen-bond acceptors (Lipinski definition) is 2. The highest BCUT2D eigenvalue weighted by Crippen LogP contribution is 2.42. The van der Waals surface area contributed by atoms with Crippen molar-refractivity contribution < 1.29 is 9.47 Å². The predicted octanol–water partition coefficient (Wildman–Crippen LogP) is 2.99. The van der Waals surface area contributed by atoms with Crippen molar-refractivity contribution in [3.63, 3.8) is 0 Å². The van der Waals surface area contributed by atoms with Gasteiger partial charge < -0.3 is 9.47 Å². The van der Waals surface area contributed by atoms with Crippen LogP contribution in [0, 0.1) is 17.8 Å². The van der Waals surface area contributed by atoms with Crippen LogP contribution in [0.1, 0.15) is 33.1 Å². The summed E-state index contributed by atoms with van der Waals surface area (Å²) in [4.78, 5) is 0. The SMILES string of the molecule is CCOC(OCC)C1CC2C=CC1CC2. The molecule has 3 unspecified atom stereocenters. The van der Waals surface area contributed by atoms with Gasteiger partial charge in [-0.2, -0.15) is 0 Å². The summed E-state index contributed by atoms with van der Waals surface area (Å²) in [6.07, 6.45) is 8.74. The van der Waals surface area contributed by atoms with E-state index in [2.05, 4.69) is 12.2 Å². The molecular formula is C13H22O2. The van der Waals surface area contributed by atoms with Crippen molar-refractivity contribution in [2.45, 2.75) is 39.4 Å². The van der Waals surface area contributed by atoms with Crippen LogP contribution in [0.4, 0.5) is 0 Å². The molecule has 2 heteroatoms. The maximum absolute atomic E-state index is 5.72. The molecule has 1 fully saturated rings. The molecule has 0 heterocycles. The van der Waals surface area contributed by atoms with E-state index in [1.807, 2.05) is 13.8 Å². The van der Waals surface area contributed by atoms with Crippen LogP contribution in [-0.4, -0.2) is 19.5 Å². The highest BCUT2D eigenvalue weighted by molar-refractivity contribution is 5.06. The lowest BCUT2D eigenvalue weighted by Crippen LogP contribution is -2.38. The Balaban J connectivity index is 1.98. The molecule has 1 saturated carbocycles. The predicted molar refractivity (Wildman–Crippen MR) is 60.5 cm³/mol. The van der Waals surface area contributed by atoms with Gasteiger partial charge in [0.2, 0.25) is 0 Å². The smallest absolute Gasteiger partial charge is 0.160 e. The molecular weight excluding hydrogens is 188 g/mol. The van der Waals surface area contributed by atoms with E-state index >= 15 is 0 Å². The van der Waals surface area contributed by atoms with Gasteiger partial charge >= 0.3 is 0 Å². The van der Waals surface area contributed by atoms with Gasteiger partial charge in [0.15, 0.2) is 6.29 Å². The molecule has 3 rings (SSSR count). The molecule has 2 nitrogen and oxygen atoms in total. The monoisotopic (exact) mass is 210 g/mol. The molecule has 0 amide bonds. The third-order valence-electron chi connectivity index (χ3n) is 3.64. The molecule has 0 aromatic heterocycles. The van der Waals surface area contributed by atoms with Gasteiger partial charge in [-0.3, -0.25) is 0 Å².